The summed E-state index contributed by atoms with van der Waals surface area (Å²) in [5.74, 6) is -0.345. The highest BCUT2D eigenvalue weighted by atomic mass is 16.6. The molecule has 5 rings (SSSR count). The summed E-state index contributed by atoms with van der Waals surface area (Å²) < 4.78 is 6.79. The van der Waals surface area contributed by atoms with Crippen LogP contribution in [0.15, 0.2) is 24.3 Å². The van der Waals surface area contributed by atoms with Gasteiger partial charge in [0.2, 0.25) is 5.91 Å². The van der Waals surface area contributed by atoms with E-state index in [1.165, 1.54) is 37.5 Å². The maximum Gasteiger partial charge on any atom is 0.271 e. The lowest BCUT2D eigenvalue weighted by Gasteiger charge is -2.71. The van der Waals surface area contributed by atoms with E-state index in [0.29, 0.717) is 0 Å². The van der Waals surface area contributed by atoms with Gasteiger partial charge in [-0.3, -0.25) is 9.59 Å². The SMILES string of the molecule is CC(=O)N1C(=O)C2(OC3(CCCCC3)C23CCCCC3)c2ccccc21. The number of hydrogen-bond donors (Lipinski definition) is 0. The molecule has 2 aliphatic carbocycles. The van der Waals surface area contributed by atoms with Gasteiger partial charge in [0.1, 0.15) is 0 Å². The van der Waals surface area contributed by atoms with Crippen LogP contribution in [0.25, 0.3) is 0 Å². The average molecular weight is 353 g/mol. The second-order valence-corrected chi connectivity index (χ2v) is 8.66. The molecule has 0 N–H and O–H groups in total. The monoisotopic (exact) mass is 353 g/mol. The van der Waals surface area contributed by atoms with Crippen molar-refractivity contribution in [2.75, 3.05) is 4.90 Å². The minimum Gasteiger partial charge on any atom is -0.352 e. The number of imide groups is 1. The summed E-state index contributed by atoms with van der Waals surface area (Å²) in [6.45, 7) is 1.48. The fourth-order valence-electron chi connectivity index (χ4n) is 6.65. The largest absolute Gasteiger partial charge is 0.352 e. The minimum absolute atomic E-state index is 0.135. The molecule has 3 fully saturated rings. The molecular weight excluding hydrogens is 326 g/mol. The van der Waals surface area contributed by atoms with Crippen molar-refractivity contribution in [3.05, 3.63) is 29.8 Å². The second kappa shape index (κ2) is 5.41. The summed E-state index contributed by atoms with van der Waals surface area (Å²) in [5.41, 5.74) is 0.420. The summed E-state index contributed by atoms with van der Waals surface area (Å²) in [4.78, 5) is 27.4. The van der Waals surface area contributed by atoms with Gasteiger partial charge in [-0.2, -0.15) is 0 Å². The van der Waals surface area contributed by atoms with Gasteiger partial charge in [-0.25, -0.2) is 4.90 Å². The van der Waals surface area contributed by atoms with E-state index in [1.54, 1.807) is 0 Å². The molecule has 1 saturated heterocycles. The second-order valence-electron chi connectivity index (χ2n) is 8.66. The first kappa shape index (κ1) is 16.5. The molecule has 4 nitrogen and oxygen atoms in total. The van der Waals surface area contributed by atoms with E-state index in [0.717, 1.165) is 49.8 Å². The third kappa shape index (κ3) is 1.70. The number of para-hydroxylation sites is 1. The third-order valence-corrected chi connectivity index (χ3v) is 7.61. The summed E-state index contributed by atoms with van der Waals surface area (Å²) in [6, 6.07) is 7.80. The predicted octanol–water partition coefficient (Wildman–Crippen LogP) is 4.46. The molecule has 2 heterocycles. The number of anilines is 1. The maximum atomic E-state index is 13.7. The maximum absolute atomic E-state index is 13.7. The van der Waals surface area contributed by atoms with Crippen molar-refractivity contribution < 1.29 is 14.3 Å². The average Bonchev–Trinajstić information content (AvgIpc) is 2.94. The van der Waals surface area contributed by atoms with Crippen molar-refractivity contribution in [1.82, 2.24) is 0 Å². The lowest BCUT2D eigenvalue weighted by molar-refractivity contribution is -0.386. The number of nitrogens with zero attached hydrogens (tertiary/aromatic N) is 1. The summed E-state index contributed by atoms with van der Waals surface area (Å²) >= 11 is 0. The molecule has 0 aromatic heterocycles. The van der Waals surface area contributed by atoms with Crippen molar-refractivity contribution in [3.63, 3.8) is 0 Å². The Morgan fingerprint density at radius 3 is 2.23 bits per heavy atom. The molecule has 0 radical (unpaired) electrons. The number of hydrogen-bond acceptors (Lipinski definition) is 3. The topological polar surface area (TPSA) is 46.6 Å². The molecular formula is C22H27NO3. The van der Waals surface area contributed by atoms with Crippen LogP contribution in [-0.4, -0.2) is 17.4 Å². The molecule has 1 unspecified atom stereocenters. The zero-order valence-electron chi connectivity index (χ0n) is 15.6. The van der Waals surface area contributed by atoms with Crippen LogP contribution in [0.3, 0.4) is 0 Å². The van der Waals surface area contributed by atoms with Gasteiger partial charge in [-0.15, -0.1) is 0 Å². The van der Waals surface area contributed by atoms with Crippen molar-refractivity contribution >= 4 is 17.5 Å². The zero-order valence-corrected chi connectivity index (χ0v) is 15.6. The van der Waals surface area contributed by atoms with Gasteiger partial charge in [-0.05, 0) is 31.7 Å². The first-order chi connectivity index (χ1) is 12.6. The van der Waals surface area contributed by atoms with Crippen LogP contribution in [0.2, 0.25) is 0 Å². The number of amides is 2. The number of carbonyl (C=O) groups excluding carboxylic acids is 2. The summed E-state index contributed by atoms with van der Waals surface area (Å²) in [6.07, 6.45) is 11.4. The van der Waals surface area contributed by atoms with Crippen LogP contribution < -0.4 is 4.90 Å². The Morgan fingerprint density at radius 2 is 1.58 bits per heavy atom. The Balaban J connectivity index is 1.71. The van der Waals surface area contributed by atoms with E-state index < -0.39 is 5.60 Å². The molecule has 1 aromatic carbocycles. The van der Waals surface area contributed by atoms with Crippen LogP contribution >= 0.6 is 0 Å². The Bertz CT molecular complexity index is 773. The third-order valence-electron chi connectivity index (χ3n) is 7.61. The highest BCUT2D eigenvalue weighted by Gasteiger charge is 2.80. The predicted molar refractivity (Wildman–Crippen MR) is 98.7 cm³/mol. The first-order valence-corrected chi connectivity index (χ1v) is 10.2. The van der Waals surface area contributed by atoms with Crippen LogP contribution in [0, 0.1) is 5.41 Å². The van der Waals surface area contributed by atoms with E-state index >= 15 is 0 Å². The van der Waals surface area contributed by atoms with Gasteiger partial charge < -0.3 is 4.74 Å². The van der Waals surface area contributed by atoms with E-state index in [4.69, 9.17) is 4.74 Å². The standard InChI is InChI=1S/C22H27NO3/c1-16(24)23-18-11-5-4-10-17(18)22(19(23)25)20(12-6-2-7-13-20)21(26-22)14-8-3-9-15-21/h4-5,10-11H,2-3,6-9,12-15H2,1H3. The Kier molecular flexibility index (Phi) is 3.43. The van der Waals surface area contributed by atoms with E-state index in [9.17, 15) is 9.59 Å². The molecule has 3 spiro atoms. The van der Waals surface area contributed by atoms with Gasteiger partial charge in [0, 0.05) is 17.9 Å². The summed E-state index contributed by atoms with van der Waals surface area (Å²) in [7, 11) is 0. The molecule has 2 saturated carbocycles. The molecule has 1 aromatic rings. The quantitative estimate of drug-likeness (QED) is 0.692. The van der Waals surface area contributed by atoms with Gasteiger partial charge in [0.05, 0.1) is 11.3 Å². The molecule has 2 aliphatic heterocycles. The lowest BCUT2D eigenvalue weighted by atomic mass is 9.45. The number of carbonyl (C=O) groups is 2. The Morgan fingerprint density at radius 1 is 0.962 bits per heavy atom. The van der Waals surface area contributed by atoms with E-state index in [1.807, 2.05) is 24.3 Å². The molecule has 138 valence electrons. The van der Waals surface area contributed by atoms with Crippen LogP contribution in [0.4, 0.5) is 5.69 Å². The van der Waals surface area contributed by atoms with Gasteiger partial charge in [0.25, 0.3) is 5.91 Å². The van der Waals surface area contributed by atoms with Gasteiger partial charge in [0.15, 0.2) is 5.60 Å². The van der Waals surface area contributed by atoms with Crippen LogP contribution in [-0.2, 0) is 19.9 Å². The molecule has 26 heavy (non-hydrogen) atoms. The van der Waals surface area contributed by atoms with Crippen molar-refractivity contribution in [2.45, 2.75) is 82.3 Å². The van der Waals surface area contributed by atoms with Crippen molar-refractivity contribution in [3.8, 4) is 0 Å². The molecule has 1 atom stereocenters. The smallest absolute Gasteiger partial charge is 0.271 e. The highest BCUT2D eigenvalue weighted by Crippen LogP contribution is 2.74. The number of benzene rings is 1. The van der Waals surface area contributed by atoms with E-state index in [-0.39, 0.29) is 22.8 Å². The first-order valence-electron chi connectivity index (χ1n) is 10.2. The number of rotatable bonds is 0. The zero-order chi connectivity index (χ0) is 18.0. The molecule has 0 bridgehead atoms. The number of fused-ring (bicyclic) bond motifs is 4. The van der Waals surface area contributed by atoms with Crippen molar-refractivity contribution in [1.29, 1.82) is 0 Å². The van der Waals surface area contributed by atoms with Crippen molar-refractivity contribution in [2.24, 2.45) is 5.41 Å². The van der Waals surface area contributed by atoms with Crippen LogP contribution in [0.5, 0.6) is 0 Å². The fourth-order valence-corrected chi connectivity index (χ4v) is 6.65. The van der Waals surface area contributed by atoms with Gasteiger partial charge in [-0.1, -0.05) is 56.7 Å². The normalized spacial score (nSPS) is 31.3. The Hall–Kier alpha value is -1.68. The lowest BCUT2D eigenvalue weighted by Crippen LogP contribution is -2.78. The minimum atomic E-state index is -0.937. The fraction of sp³-hybridized carbons (Fsp3) is 0.636. The van der Waals surface area contributed by atoms with Crippen LogP contribution in [0.1, 0.15) is 76.7 Å². The van der Waals surface area contributed by atoms with E-state index in [2.05, 4.69) is 0 Å². The summed E-state index contributed by atoms with van der Waals surface area (Å²) in [5, 5.41) is 0. The Labute approximate surface area is 154 Å². The molecule has 4 aliphatic rings. The molecule has 4 heteroatoms. The van der Waals surface area contributed by atoms with Gasteiger partial charge >= 0.3 is 0 Å². The number of ether oxygens (including phenoxy) is 1. The highest BCUT2D eigenvalue weighted by molar-refractivity contribution is 6.22. The molecule has 2 amide bonds.